The summed E-state index contributed by atoms with van der Waals surface area (Å²) in [7, 11) is 0.896. The average Bonchev–Trinajstić information content (AvgIpc) is 2.77. The number of hydrogen-bond acceptors (Lipinski definition) is 7. The maximum atomic E-state index is 15.2. The Morgan fingerprint density at radius 1 is 1.20 bits per heavy atom. The van der Waals surface area contributed by atoms with Crippen LogP contribution in [0.15, 0.2) is 34.7 Å². The second kappa shape index (κ2) is 11.4. The van der Waals surface area contributed by atoms with E-state index in [9.17, 15) is 27.2 Å². The molecule has 1 aromatic carbocycles. The molecule has 2 atom stereocenters. The van der Waals surface area contributed by atoms with Gasteiger partial charge in [-0.25, -0.2) is 18.4 Å². The Morgan fingerprint density at radius 3 is 2.31 bits per heavy atom. The van der Waals surface area contributed by atoms with E-state index in [2.05, 4.69) is 10.1 Å². The molecule has 0 radical (unpaired) electrons. The molecule has 1 aliphatic heterocycles. The normalized spacial score (nSPS) is 17.4. The number of nitrogens with two attached hydrogens (primary N) is 2. The van der Waals surface area contributed by atoms with Crippen LogP contribution < -0.4 is 16.8 Å². The molecule has 0 aliphatic carbocycles. The Labute approximate surface area is 203 Å². The maximum Gasteiger partial charge on any atom is 0.418 e. The van der Waals surface area contributed by atoms with E-state index < -0.39 is 81.7 Å². The van der Waals surface area contributed by atoms with Gasteiger partial charge in [0.05, 0.1) is 46.6 Å². The summed E-state index contributed by atoms with van der Waals surface area (Å²) in [6.07, 6.45) is -5.98. The molecule has 1 heterocycles. The monoisotopic (exact) mass is 525 g/mol. The van der Waals surface area contributed by atoms with Crippen molar-refractivity contribution in [3.8, 4) is 0 Å². The van der Waals surface area contributed by atoms with Gasteiger partial charge in [0.25, 0.3) is 0 Å². The number of carbonyl (C=O) groups excluding carboxylic acids is 2. The smallest absolute Gasteiger partial charge is 0.418 e. The van der Waals surface area contributed by atoms with Gasteiger partial charge < -0.3 is 26.3 Å². The highest BCUT2D eigenvalue weighted by Gasteiger charge is 2.47. The lowest BCUT2D eigenvalue weighted by molar-refractivity contribution is -0.144. The summed E-state index contributed by atoms with van der Waals surface area (Å²) in [6.45, 7) is 1.51. The SMILES string of the molecule is COC(=O)C1=C(CF)NC(C(N)CCN)=C(C(=O)OC(C)C)C1c1c(F)ccc(Cl)c1C(F)(F)F. The fourth-order valence-corrected chi connectivity index (χ4v) is 4.05. The van der Waals surface area contributed by atoms with Crippen molar-refractivity contribution in [2.45, 2.75) is 44.5 Å². The van der Waals surface area contributed by atoms with E-state index in [1.165, 1.54) is 13.8 Å². The minimum absolute atomic E-state index is 0.00475. The zero-order valence-electron chi connectivity index (χ0n) is 19.1. The molecule has 2 rings (SSSR count). The molecule has 1 aliphatic rings. The fourth-order valence-electron chi connectivity index (χ4n) is 3.78. The number of methoxy groups -OCH3 is 1. The zero-order chi connectivity index (χ0) is 26.7. The number of esters is 2. The molecule has 194 valence electrons. The van der Waals surface area contributed by atoms with Gasteiger partial charge in [-0.2, -0.15) is 13.2 Å². The number of halogens is 6. The Balaban J connectivity index is 3.10. The van der Waals surface area contributed by atoms with Crippen molar-refractivity contribution in [3.63, 3.8) is 0 Å². The summed E-state index contributed by atoms with van der Waals surface area (Å²) in [5.74, 6) is -6.07. The van der Waals surface area contributed by atoms with E-state index in [0.717, 1.165) is 7.11 Å². The number of dihydropyridines is 1. The lowest BCUT2D eigenvalue weighted by atomic mass is 9.76. The number of nitrogens with one attached hydrogen (secondary N) is 1. The number of ether oxygens (including phenoxy) is 2. The average molecular weight is 526 g/mol. The van der Waals surface area contributed by atoms with Crippen LogP contribution in [0.25, 0.3) is 0 Å². The van der Waals surface area contributed by atoms with Crippen LogP contribution in [0, 0.1) is 5.82 Å². The molecule has 0 fully saturated rings. The van der Waals surface area contributed by atoms with Gasteiger partial charge in [-0.3, -0.25) is 0 Å². The van der Waals surface area contributed by atoms with Crippen LogP contribution in [0.2, 0.25) is 5.02 Å². The summed E-state index contributed by atoms with van der Waals surface area (Å²) < 4.78 is 81.5. The molecular weight excluding hydrogens is 501 g/mol. The van der Waals surface area contributed by atoms with Crippen LogP contribution in [-0.2, 0) is 25.2 Å². The number of hydrogen-bond donors (Lipinski definition) is 3. The predicted molar refractivity (Wildman–Crippen MR) is 117 cm³/mol. The molecule has 0 amide bonds. The molecule has 0 saturated heterocycles. The summed E-state index contributed by atoms with van der Waals surface area (Å²) >= 11 is 5.81. The molecular formula is C22H25ClF5N3O4. The Kier molecular flexibility index (Phi) is 9.26. The first-order valence-electron chi connectivity index (χ1n) is 10.4. The molecule has 0 aromatic heterocycles. The number of alkyl halides is 4. The quantitative estimate of drug-likeness (QED) is 0.351. The lowest BCUT2D eigenvalue weighted by Gasteiger charge is -2.35. The third-order valence-electron chi connectivity index (χ3n) is 5.14. The molecule has 0 saturated carbocycles. The second-order valence-corrected chi connectivity index (χ2v) is 8.26. The van der Waals surface area contributed by atoms with Gasteiger partial charge in [-0.15, -0.1) is 0 Å². The van der Waals surface area contributed by atoms with Crippen LogP contribution in [0.1, 0.15) is 37.3 Å². The largest absolute Gasteiger partial charge is 0.466 e. The first-order chi connectivity index (χ1) is 16.3. The first-order valence-corrected chi connectivity index (χ1v) is 10.8. The Hall–Kier alpha value is -2.70. The molecule has 0 bridgehead atoms. The van der Waals surface area contributed by atoms with E-state index in [1.54, 1.807) is 0 Å². The van der Waals surface area contributed by atoms with Crippen LogP contribution >= 0.6 is 11.6 Å². The van der Waals surface area contributed by atoms with Gasteiger partial charge >= 0.3 is 18.1 Å². The molecule has 35 heavy (non-hydrogen) atoms. The molecule has 7 nitrogen and oxygen atoms in total. The van der Waals surface area contributed by atoms with Crippen LogP contribution in [0.4, 0.5) is 22.0 Å². The minimum atomic E-state index is -5.22. The molecule has 1 aromatic rings. The Morgan fingerprint density at radius 2 is 1.83 bits per heavy atom. The van der Waals surface area contributed by atoms with Crippen LogP contribution in [0.3, 0.4) is 0 Å². The van der Waals surface area contributed by atoms with Crippen LogP contribution in [-0.4, -0.2) is 44.4 Å². The van der Waals surface area contributed by atoms with Crippen molar-refractivity contribution in [1.82, 2.24) is 5.32 Å². The molecule has 2 unspecified atom stereocenters. The van der Waals surface area contributed by atoms with E-state index in [-0.39, 0.29) is 18.7 Å². The summed E-state index contributed by atoms with van der Waals surface area (Å²) in [5.41, 5.74) is 6.62. The summed E-state index contributed by atoms with van der Waals surface area (Å²) in [4.78, 5) is 25.9. The van der Waals surface area contributed by atoms with Crippen molar-refractivity contribution in [2.24, 2.45) is 11.5 Å². The van der Waals surface area contributed by atoms with E-state index in [0.29, 0.717) is 12.1 Å². The van der Waals surface area contributed by atoms with Crippen LogP contribution in [0.5, 0.6) is 0 Å². The van der Waals surface area contributed by atoms with Gasteiger partial charge in [0.2, 0.25) is 0 Å². The van der Waals surface area contributed by atoms with Crippen molar-refractivity contribution in [3.05, 3.63) is 56.6 Å². The zero-order valence-corrected chi connectivity index (χ0v) is 19.8. The molecule has 13 heteroatoms. The van der Waals surface area contributed by atoms with Gasteiger partial charge in [-0.1, -0.05) is 11.6 Å². The standard InChI is InChI=1S/C22H25ClF5N3O4/c1-9(2)35-21(33)17-16(14-11(25)5-4-10(23)18(14)22(26,27)28)15(20(32)34-3)13(8-24)31-19(17)12(30)6-7-29/h4-5,9,12,16,31H,6-8,29-30H2,1-3H3. The number of benzene rings is 1. The highest BCUT2D eigenvalue weighted by Crippen LogP contribution is 2.48. The third kappa shape index (κ3) is 5.93. The maximum absolute atomic E-state index is 15.2. The number of allylic oxidation sites excluding steroid dienone is 1. The van der Waals surface area contributed by atoms with Crippen molar-refractivity contribution >= 4 is 23.5 Å². The van der Waals surface area contributed by atoms with E-state index in [1.807, 2.05) is 0 Å². The fraction of sp³-hybridized carbons (Fsp3) is 0.455. The summed E-state index contributed by atoms with van der Waals surface area (Å²) in [6, 6.07) is 0.192. The first kappa shape index (κ1) is 28.5. The summed E-state index contributed by atoms with van der Waals surface area (Å²) in [5, 5.41) is 1.61. The minimum Gasteiger partial charge on any atom is -0.466 e. The lowest BCUT2D eigenvalue weighted by Crippen LogP contribution is -2.42. The highest BCUT2D eigenvalue weighted by molar-refractivity contribution is 6.31. The molecule has 0 spiro atoms. The van der Waals surface area contributed by atoms with Gasteiger partial charge in [0, 0.05) is 17.3 Å². The second-order valence-electron chi connectivity index (χ2n) is 7.86. The third-order valence-corrected chi connectivity index (χ3v) is 5.46. The highest BCUT2D eigenvalue weighted by atomic mass is 35.5. The number of rotatable bonds is 8. The van der Waals surface area contributed by atoms with Crippen molar-refractivity contribution < 1.29 is 41.0 Å². The van der Waals surface area contributed by atoms with Crippen molar-refractivity contribution in [1.29, 1.82) is 0 Å². The molecule has 5 N–H and O–H groups in total. The predicted octanol–water partition coefficient (Wildman–Crippen LogP) is 3.46. The van der Waals surface area contributed by atoms with Gasteiger partial charge in [-0.05, 0) is 38.9 Å². The van der Waals surface area contributed by atoms with Crippen molar-refractivity contribution in [2.75, 3.05) is 20.3 Å². The number of carbonyl (C=O) groups is 2. The Bertz CT molecular complexity index is 1060. The van der Waals surface area contributed by atoms with Gasteiger partial charge in [0.15, 0.2) is 0 Å². The van der Waals surface area contributed by atoms with E-state index >= 15 is 4.39 Å². The van der Waals surface area contributed by atoms with E-state index in [4.69, 9.17) is 27.8 Å². The van der Waals surface area contributed by atoms with Gasteiger partial charge in [0.1, 0.15) is 12.5 Å². The topological polar surface area (TPSA) is 117 Å².